The summed E-state index contributed by atoms with van der Waals surface area (Å²) in [6.07, 6.45) is 0. The van der Waals surface area contributed by atoms with Crippen molar-refractivity contribution < 1.29 is 4.79 Å². The van der Waals surface area contributed by atoms with E-state index in [-0.39, 0.29) is 11.6 Å². The Hall–Kier alpha value is -0.770. The van der Waals surface area contributed by atoms with Gasteiger partial charge >= 0.3 is 6.03 Å². The molecule has 1 fully saturated rings. The molecule has 0 spiro atoms. The first-order valence-corrected chi connectivity index (χ1v) is 5.70. The quantitative estimate of drug-likeness (QED) is 0.735. The third kappa shape index (κ3) is 3.70. The number of likely N-dealkylation sites (tertiary alicyclic amines) is 1. The van der Waals surface area contributed by atoms with Gasteiger partial charge < -0.3 is 10.6 Å². The van der Waals surface area contributed by atoms with Crippen molar-refractivity contribution in [1.82, 2.24) is 15.5 Å². The number of carbonyl (C=O) groups excluding carboxylic acids is 1. The highest BCUT2D eigenvalue weighted by Gasteiger charge is 2.34. The molecule has 2 amide bonds. The highest BCUT2D eigenvalue weighted by atomic mass is 16.2. The van der Waals surface area contributed by atoms with Gasteiger partial charge in [-0.1, -0.05) is 0 Å². The van der Waals surface area contributed by atoms with Gasteiger partial charge in [-0.3, -0.25) is 4.90 Å². The van der Waals surface area contributed by atoms with Crippen LogP contribution in [0.1, 0.15) is 27.7 Å². The first kappa shape index (κ1) is 12.3. The van der Waals surface area contributed by atoms with Crippen LogP contribution < -0.4 is 10.6 Å². The van der Waals surface area contributed by atoms with Crippen LogP contribution in [0.15, 0.2) is 0 Å². The average molecular weight is 213 g/mol. The average Bonchev–Trinajstić information content (AvgIpc) is 1.99. The predicted octanol–water partition coefficient (Wildman–Crippen LogP) is 1.04. The molecule has 0 aromatic heterocycles. The summed E-state index contributed by atoms with van der Waals surface area (Å²) in [5, 5.41) is 5.61. The summed E-state index contributed by atoms with van der Waals surface area (Å²) < 4.78 is 0. The third-order valence-electron chi connectivity index (χ3n) is 2.79. The molecule has 0 aromatic carbocycles. The molecule has 4 heteroatoms. The van der Waals surface area contributed by atoms with Crippen LogP contribution in [-0.4, -0.2) is 42.6 Å². The van der Waals surface area contributed by atoms with E-state index in [1.165, 1.54) is 0 Å². The minimum absolute atomic E-state index is 0.0493. The van der Waals surface area contributed by atoms with E-state index < -0.39 is 0 Å². The highest BCUT2D eigenvalue weighted by Crippen LogP contribution is 2.24. The third-order valence-corrected chi connectivity index (χ3v) is 2.79. The molecule has 0 aromatic rings. The van der Waals surface area contributed by atoms with E-state index in [0.29, 0.717) is 12.5 Å². The number of carbonyl (C=O) groups is 1. The lowest BCUT2D eigenvalue weighted by Gasteiger charge is -2.47. The fraction of sp³-hybridized carbons (Fsp3) is 0.909. The van der Waals surface area contributed by atoms with Crippen molar-refractivity contribution in [1.29, 1.82) is 0 Å². The Labute approximate surface area is 92.4 Å². The summed E-state index contributed by atoms with van der Waals surface area (Å²) in [6, 6.07) is -0.0493. The van der Waals surface area contributed by atoms with Crippen LogP contribution in [0.3, 0.4) is 0 Å². The van der Waals surface area contributed by atoms with Gasteiger partial charge in [0, 0.05) is 37.6 Å². The molecule has 4 nitrogen and oxygen atoms in total. The zero-order valence-corrected chi connectivity index (χ0v) is 10.3. The van der Waals surface area contributed by atoms with Gasteiger partial charge in [0.2, 0.25) is 0 Å². The minimum atomic E-state index is -0.0493. The van der Waals surface area contributed by atoms with E-state index >= 15 is 0 Å². The Morgan fingerprint density at radius 3 is 2.40 bits per heavy atom. The van der Waals surface area contributed by atoms with Crippen LogP contribution in [0.5, 0.6) is 0 Å². The van der Waals surface area contributed by atoms with Crippen molar-refractivity contribution in [2.45, 2.75) is 33.2 Å². The van der Waals surface area contributed by atoms with Gasteiger partial charge in [0.25, 0.3) is 0 Å². The molecule has 1 heterocycles. The normalized spacial score (nSPS) is 18.4. The molecular formula is C11H23N3O. The number of urea groups is 1. The van der Waals surface area contributed by atoms with E-state index in [1.54, 1.807) is 0 Å². The maximum absolute atomic E-state index is 11.1. The number of nitrogens with one attached hydrogen (secondary N) is 2. The van der Waals surface area contributed by atoms with Crippen molar-refractivity contribution in [2.24, 2.45) is 5.92 Å². The van der Waals surface area contributed by atoms with E-state index in [0.717, 1.165) is 19.6 Å². The van der Waals surface area contributed by atoms with E-state index in [1.807, 2.05) is 6.92 Å². The van der Waals surface area contributed by atoms with Crippen LogP contribution in [0.4, 0.5) is 4.79 Å². The standard InChI is InChI=1S/C11H23N3O/c1-5-12-10(15)13-6-9-7-14(8-9)11(2,3)4/h9H,5-8H2,1-4H3,(H2,12,13,15). The van der Waals surface area contributed by atoms with Gasteiger partial charge in [0.1, 0.15) is 0 Å². The Balaban J connectivity index is 2.11. The van der Waals surface area contributed by atoms with Gasteiger partial charge in [-0.15, -0.1) is 0 Å². The van der Waals surface area contributed by atoms with Crippen molar-refractivity contribution in [2.75, 3.05) is 26.2 Å². The molecule has 1 saturated heterocycles. The molecule has 1 aliphatic rings. The van der Waals surface area contributed by atoms with Crippen LogP contribution in [-0.2, 0) is 0 Å². The Morgan fingerprint density at radius 1 is 1.33 bits per heavy atom. The van der Waals surface area contributed by atoms with Crippen LogP contribution in [0, 0.1) is 5.92 Å². The van der Waals surface area contributed by atoms with Gasteiger partial charge in [-0.25, -0.2) is 4.79 Å². The molecule has 1 rings (SSSR count). The topological polar surface area (TPSA) is 44.4 Å². The Bertz CT molecular complexity index is 216. The van der Waals surface area contributed by atoms with Crippen molar-refractivity contribution >= 4 is 6.03 Å². The molecule has 1 aliphatic heterocycles. The first-order chi connectivity index (χ1) is 6.93. The summed E-state index contributed by atoms with van der Waals surface area (Å²) in [4.78, 5) is 13.6. The largest absolute Gasteiger partial charge is 0.338 e. The van der Waals surface area contributed by atoms with Crippen LogP contribution in [0.25, 0.3) is 0 Å². The lowest BCUT2D eigenvalue weighted by molar-refractivity contribution is 0.0157. The highest BCUT2D eigenvalue weighted by molar-refractivity contribution is 5.73. The lowest BCUT2D eigenvalue weighted by atomic mass is 9.92. The zero-order chi connectivity index (χ0) is 11.5. The molecule has 0 radical (unpaired) electrons. The first-order valence-electron chi connectivity index (χ1n) is 5.70. The minimum Gasteiger partial charge on any atom is -0.338 e. The second-order valence-corrected chi connectivity index (χ2v) is 5.18. The van der Waals surface area contributed by atoms with Crippen molar-refractivity contribution in [3.63, 3.8) is 0 Å². The number of hydrogen-bond acceptors (Lipinski definition) is 2. The second-order valence-electron chi connectivity index (χ2n) is 5.18. The van der Waals surface area contributed by atoms with Crippen molar-refractivity contribution in [3.8, 4) is 0 Å². The van der Waals surface area contributed by atoms with E-state index in [2.05, 4.69) is 36.3 Å². The fourth-order valence-corrected chi connectivity index (χ4v) is 1.71. The summed E-state index contributed by atoms with van der Waals surface area (Å²) >= 11 is 0. The molecule has 0 bridgehead atoms. The Morgan fingerprint density at radius 2 is 1.93 bits per heavy atom. The molecule has 0 aliphatic carbocycles. The smallest absolute Gasteiger partial charge is 0.314 e. The molecular weight excluding hydrogens is 190 g/mol. The number of amides is 2. The van der Waals surface area contributed by atoms with E-state index in [9.17, 15) is 4.79 Å². The number of nitrogens with zero attached hydrogens (tertiary/aromatic N) is 1. The summed E-state index contributed by atoms with van der Waals surface area (Å²) in [7, 11) is 0. The molecule has 88 valence electrons. The molecule has 15 heavy (non-hydrogen) atoms. The zero-order valence-electron chi connectivity index (χ0n) is 10.3. The van der Waals surface area contributed by atoms with Crippen LogP contribution >= 0.6 is 0 Å². The fourth-order valence-electron chi connectivity index (χ4n) is 1.71. The predicted molar refractivity (Wildman–Crippen MR) is 61.9 cm³/mol. The maximum Gasteiger partial charge on any atom is 0.314 e. The van der Waals surface area contributed by atoms with E-state index in [4.69, 9.17) is 0 Å². The molecule has 0 saturated carbocycles. The van der Waals surface area contributed by atoms with Gasteiger partial charge in [-0.2, -0.15) is 0 Å². The second kappa shape index (κ2) is 4.84. The lowest BCUT2D eigenvalue weighted by Crippen LogP contribution is -2.58. The van der Waals surface area contributed by atoms with Crippen LogP contribution in [0.2, 0.25) is 0 Å². The van der Waals surface area contributed by atoms with Crippen molar-refractivity contribution in [3.05, 3.63) is 0 Å². The summed E-state index contributed by atoms with van der Waals surface area (Å²) in [6.45, 7) is 12.3. The van der Waals surface area contributed by atoms with Gasteiger partial charge in [0.15, 0.2) is 0 Å². The SMILES string of the molecule is CCNC(=O)NCC1CN(C(C)(C)C)C1. The number of rotatable bonds is 3. The summed E-state index contributed by atoms with van der Waals surface area (Å²) in [5.74, 6) is 0.617. The molecule has 0 atom stereocenters. The molecule has 2 N–H and O–H groups in total. The summed E-state index contributed by atoms with van der Waals surface area (Å²) in [5.41, 5.74) is 0.266. The monoisotopic (exact) mass is 213 g/mol. The molecule has 0 unspecified atom stereocenters. The van der Waals surface area contributed by atoms with Gasteiger partial charge in [-0.05, 0) is 27.7 Å². The Kier molecular flexibility index (Phi) is 3.97. The number of hydrogen-bond donors (Lipinski definition) is 2. The maximum atomic E-state index is 11.1. The van der Waals surface area contributed by atoms with Gasteiger partial charge in [0.05, 0.1) is 0 Å².